The summed E-state index contributed by atoms with van der Waals surface area (Å²) < 4.78 is 0. The maximum absolute atomic E-state index is 10.8. The molecule has 1 aromatic carbocycles. The van der Waals surface area contributed by atoms with Crippen molar-refractivity contribution in [3.63, 3.8) is 0 Å². The number of hydrogen-bond donors (Lipinski definition) is 2. The zero-order chi connectivity index (χ0) is 12.7. The summed E-state index contributed by atoms with van der Waals surface area (Å²) in [5, 5.41) is 22.6. The monoisotopic (exact) mass is 238 g/mol. The summed E-state index contributed by atoms with van der Waals surface area (Å²) in [6.07, 6.45) is 1.47. The van der Waals surface area contributed by atoms with Crippen LogP contribution in [0.4, 0.5) is 5.69 Å². The molecular formula is C12H18N2O3. The average molecular weight is 238 g/mol. The van der Waals surface area contributed by atoms with Crippen LogP contribution >= 0.6 is 0 Å². The van der Waals surface area contributed by atoms with Gasteiger partial charge in [-0.15, -0.1) is 0 Å². The molecule has 2 N–H and O–H groups in total. The van der Waals surface area contributed by atoms with E-state index in [0.717, 1.165) is 12.0 Å². The third-order valence-corrected chi connectivity index (χ3v) is 2.64. The lowest BCUT2D eigenvalue weighted by Crippen LogP contribution is -2.29. The number of aliphatic hydroxyl groups is 1. The van der Waals surface area contributed by atoms with E-state index in [4.69, 9.17) is 5.11 Å². The average Bonchev–Trinajstić information content (AvgIpc) is 2.34. The zero-order valence-electron chi connectivity index (χ0n) is 9.93. The summed E-state index contributed by atoms with van der Waals surface area (Å²) in [5.41, 5.74) is 0.942. The molecule has 0 bridgehead atoms. The molecule has 0 aliphatic heterocycles. The molecule has 1 aromatic rings. The second kappa shape index (κ2) is 6.98. The van der Waals surface area contributed by atoms with Gasteiger partial charge < -0.3 is 10.4 Å². The van der Waals surface area contributed by atoms with Crippen LogP contribution < -0.4 is 5.32 Å². The molecule has 0 spiro atoms. The first-order valence-electron chi connectivity index (χ1n) is 5.71. The summed E-state index contributed by atoms with van der Waals surface area (Å²) in [4.78, 5) is 10.4. The third-order valence-electron chi connectivity index (χ3n) is 2.64. The number of nitro benzene ring substituents is 1. The number of aliphatic hydroxyl groups excluding tert-OH is 1. The van der Waals surface area contributed by atoms with Gasteiger partial charge in [0, 0.05) is 24.2 Å². The summed E-state index contributed by atoms with van der Waals surface area (Å²) in [6, 6.07) is 7.04. The summed E-state index contributed by atoms with van der Waals surface area (Å²) in [7, 11) is 0. The van der Waals surface area contributed by atoms with Gasteiger partial charge in [-0.05, 0) is 19.8 Å². The molecule has 0 aliphatic rings. The topological polar surface area (TPSA) is 75.4 Å². The predicted octanol–water partition coefficient (Wildman–Crippen LogP) is 1.50. The molecule has 0 amide bonds. The number of para-hydroxylation sites is 1. The molecule has 0 fully saturated rings. The van der Waals surface area contributed by atoms with E-state index in [1.165, 1.54) is 6.07 Å². The van der Waals surface area contributed by atoms with Gasteiger partial charge in [0.05, 0.1) is 11.5 Å². The van der Waals surface area contributed by atoms with E-state index in [1.54, 1.807) is 12.1 Å². The molecule has 94 valence electrons. The number of nitro groups is 1. The van der Waals surface area contributed by atoms with Crippen LogP contribution in [0, 0.1) is 10.1 Å². The number of nitrogens with zero attached hydrogens (tertiary/aromatic N) is 1. The number of rotatable bonds is 7. The van der Waals surface area contributed by atoms with E-state index >= 15 is 0 Å². The van der Waals surface area contributed by atoms with Crippen LogP contribution in [0.5, 0.6) is 0 Å². The molecule has 0 aliphatic carbocycles. The lowest BCUT2D eigenvalue weighted by Gasteiger charge is -2.12. The van der Waals surface area contributed by atoms with E-state index in [0.29, 0.717) is 13.0 Å². The molecule has 0 aromatic heterocycles. The standard InChI is InChI=1S/C12H18N2O3/c1-10(13-8-9-15)6-7-11-4-2-3-5-12(11)14(16)17/h2-5,10,13,15H,6-9H2,1H3. The van der Waals surface area contributed by atoms with Crippen molar-refractivity contribution in [1.82, 2.24) is 5.32 Å². The maximum atomic E-state index is 10.8. The highest BCUT2D eigenvalue weighted by molar-refractivity contribution is 5.39. The summed E-state index contributed by atoms with van der Waals surface area (Å²) in [6.45, 7) is 2.66. The van der Waals surface area contributed by atoms with Gasteiger partial charge in [0.25, 0.3) is 5.69 Å². The fourth-order valence-corrected chi connectivity index (χ4v) is 1.69. The Bertz CT molecular complexity index is 369. The Hall–Kier alpha value is -1.46. The minimum atomic E-state index is -0.346. The van der Waals surface area contributed by atoms with Crippen molar-refractivity contribution >= 4 is 5.69 Å². The predicted molar refractivity (Wildman–Crippen MR) is 66.0 cm³/mol. The van der Waals surface area contributed by atoms with Gasteiger partial charge >= 0.3 is 0 Å². The Morgan fingerprint density at radius 1 is 1.47 bits per heavy atom. The Morgan fingerprint density at radius 3 is 2.82 bits per heavy atom. The summed E-state index contributed by atoms with van der Waals surface area (Å²) >= 11 is 0. The van der Waals surface area contributed by atoms with Crippen molar-refractivity contribution in [2.45, 2.75) is 25.8 Å². The summed E-state index contributed by atoms with van der Waals surface area (Å²) in [5.74, 6) is 0. The van der Waals surface area contributed by atoms with Crippen LogP contribution in [0.1, 0.15) is 18.9 Å². The molecule has 0 saturated carbocycles. The Balaban J connectivity index is 2.54. The molecule has 1 atom stereocenters. The van der Waals surface area contributed by atoms with E-state index in [9.17, 15) is 10.1 Å². The molecule has 0 saturated heterocycles. The number of nitrogens with one attached hydrogen (secondary N) is 1. The minimum absolute atomic E-state index is 0.107. The lowest BCUT2D eigenvalue weighted by molar-refractivity contribution is -0.385. The largest absolute Gasteiger partial charge is 0.395 e. The molecule has 17 heavy (non-hydrogen) atoms. The Morgan fingerprint density at radius 2 is 2.18 bits per heavy atom. The highest BCUT2D eigenvalue weighted by atomic mass is 16.6. The zero-order valence-corrected chi connectivity index (χ0v) is 9.93. The van der Waals surface area contributed by atoms with Crippen LogP contribution in [0.25, 0.3) is 0 Å². The molecule has 1 unspecified atom stereocenters. The van der Waals surface area contributed by atoms with Crippen LogP contribution in [0.2, 0.25) is 0 Å². The van der Waals surface area contributed by atoms with Crippen LogP contribution in [0.15, 0.2) is 24.3 Å². The van der Waals surface area contributed by atoms with Gasteiger partial charge in [-0.25, -0.2) is 0 Å². The normalized spacial score (nSPS) is 12.4. The molecule has 1 rings (SSSR count). The molecular weight excluding hydrogens is 220 g/mol. The first-order valence-corrected chi connectivity index (χ1v) is 5.71. The molecule has 0 heterocycles. The lowest BCUT2D eigenvalue weighted by atomic mass is 10.0. The van der Waals surface area contributed by atoms with Gasteiger partial charge in [-0.3, -0.25) is 10.1 Å². The van der Waals surface area contributed by atoms with Gasteiger partial charge in [-0.1, -0.05) is 18.2 Å². The second-order valence-electron chi connectivity index (χ2n) is 4.00. The first-order chi connectivity index (χ1) is 8.15. The van der Waals surface area contributed by atoms with Crippen molar-refractivity contribution in [2.75, 3.05) is 13.2 Å². The van der Waals surface area contributed by atoms with E-state index in [-0.39, 0.29) is 23.3 Å². The minimum Gasteiger partial charge on any atom is -0.395 e. The Kier molecular flexibility index (Phi) is 5.59. The van der Waals surface area contributed by atoms with Crippen LogP contribution in [-0.4, -0.2) is 29.2 Å². The van der Waals surface area contributed by atoms with Crippen molar-refractivity contribution in [2.24, 2.45) is 0 Å². The van der Waals surface area contributed by atoms with Crippen LogP contribution in [-0.2, 0) is 6.42 Å². The third kappa shape index (κ3) is 4.50. The fraction of sp³-hybridized carbons (Fsp3) is 0.500. The number of hydrogen-bond acceptors (Lipinski definition) is 4. The highest BCUT2D eigenvalue weighted by Crippen LogP contribution is 2.19. The van der Waals surface area contributed by atoms with Gasteiger partial charge in [0.1, 0.15) is 0 Å². The Labute approximate surface area is 101 Å². The smallest absolute Gasteiger partial charge is 0.272 e. The van der Waals surface area contributed by atoms with E-state index in [1.807, 2.05) is 13.0 Å². The molecule has 5 nitrogen and oxygen atoms in total. The van der Waals surface area contributed by atoms with E-state index in [2.05, 4.69) is 5.32 Å². The quantitative estimate of drug-likeness (QED) is 0.557. The SMILES string of the molecule is CC(CCc1ccccc1[N+](=O)[O-])NCCO. The first kappa shape index (κ1) is 13.6. The molecule has 5 heteroatoms. The fourth-order valence-electron chi connectivity index (χ4n) is 1.69. The van der Waals surface area contributed by atoms with Crippen molar-refractivity contribution in [3.05, 3.63) is 39.9 Å². The van der Waals surface area contributed by atoms with Gasteiger partial charge in [0.15, 0.2) is 0 Å². The highest BCUT2D eigenvalue weighted by Gasteiger charge is 2.12. The van der Waals surface area contributed by atoms with Crippen molar-refractivity contribution in [3.8, 4) is 0 Å². The van der Waals surface area contributed by atoms with E-state index < -0.39 is 0 Å². The second-order valence-corrected chi connectivity index (χ2v) is 4.00. The maximum Gasteiger partial charge on any atom is 0.272 e. The van der Waals surface area contributed by atoms with Crippen LogP contribution in [0.3, 0.4) is 0 Å². The van der Waals surface area contributed by atoms with Crippen molar-refractivity contribution < 1.29 is 10.0 Å². The number of aryl methyl sites for hydroxylation is 1. The molecule has 0 radical (unpaired) electrons. The van der Waals surface area contributed by atoms with Gasteiger partial charge in [0.2, 0.25) is 0 Å². The van der Waals surface area contributed by atoms with Gasteiger partial charge in [-0.2, -0.15) is 0 Å². The number of benzene rings is 1. The van der Waals surface area contributed by atoms with Crippen molar-refractivity contribution in [1.29, 1.82) is 0 Å².